The Kier molecular flexibility index (Phi) is 4.22. The molecule has 0 unspecified atom stereocenters. The van der Waals surface area contributed by atoms with Crippen LogP contribution in [0, 0.1) is 6.92 Å². The maximum absolute atomic E-state index is 12.2. The summed E-state index contributed by atoms with van der Waals surface area (Å²) in [4.78, 5) is 0.186. The number of rotatable bonds is 4. The van der Waals surface area contributed by atoms with Gasteiger partial charge in [0.25, 0.3) is 10.0 Å². The Morgan fingerprint density at radius 2 is 2.11 bits per heavy atom. The molecule has 0 amide bonds. The van der Waals surface area contributed by atoms with E-state index in [1.165, 1.54) is 11.3 Å². The maximum atomic E-state index is 12.2. The highest BCUT2D eigenvalue weighted by Gasteiger charge is 2.19. The van der Waals surface area contributed by atoms with Gasteiger partial charge in [0.1, 0.15) is 9.90 Å². The van der Waals surface area contributed by atoms with Gasteiger partial charge in [-0.3, -0.25) is 4.72 Å². The van der Waals surface area contributed by atoms with E-state index in [0.717, 1.165) is 17.0 Å². The van der Waals surface area contributed by atoms with Crippen molar-refractivity contribution in [1.82, 2.24) is 10.2 Å². The van der Waals surface area contributed by atoms with Crippen molar-refractivity contribution >= 4 is 42.4 Å². The largest absolute Gasteiger partial charge is 0.264 e. The van der Waals surface area contributed by atoms with Crippen LogP contribution in [0.25, 0.3) is 0 Å². The molecule has 1 aromatic carbocycles. The molecule has 1 aromatic heterocycles. The third kappa shape index (κ3) is 3.31. The summed E-state index contributed by atoms with van der Waals surface area (Å²) < 4.78 is 27.4. The highest BCUT2D eigenvalue weighted by Crippen LogP contribution is 2.26. The first-order chi connectivity index (χ1) is 8.92. The first kappa shape index (κ1) is 14.4. The van der Waals surface area contributed by atoms with Crippen molar-refractivity contribution < 1.29 is 8.42 Å². The molecule has 1 heterocycles. The molecule has 0 bridgehead atoms. The van der Waals surface area contributed by atoms with Crippen LogP contribution in [0.4, 0.5) is 5.13 Å². The van der Waals surface area contributed by atoms with Gasteiger partial charge in [0.2, 0.25) is 5.13 Å². The van der Waals surface area contributed by atoms with Gasteiger partial charge in [0.05, 0.1) is 0 Å². The summed E-state index contributed by atoms with van der Waals surface area (Å²) in [6.45, 7) is 3.84. The van der Waals surface area contributed by atoms with Gasteiger partial charge < -0.3 is 0 Å². The normalized spacial score (nSPS) is 11.5. The second-order valence-electron chi connectivity index (χ2n) is 3.89. The number of nitrogens with one attached hydrogen (secondary N) is 1. The summed E-state index contributed by atoms with van der Waals surface area (Å²) in [6.07, 6.45) is 0.730. The molecular weight excluding hydrogens is 350 g/mol. The fraction of sp³-hybridized carbons (Fsp3) is 0.273. The molecule has 0 saturated carbocycles. The average Bonchev–Trinajstić information content (AvgIpc) is 2.75. The Labute approximate surface area is 124 Å². The molecule has 1 N–H and O–H groups in total. The zero-order valence-corrected chi connectivity index (χ0v) is 13.6. The number of hydrogen-bond acceptors (Lipinski definition) is 5. The van der Waals surface area contributed by atoms with Gasteiger partial charge in [-0.25, -0.2) is 8.42 Å². The van der Waals surface area contributed by atoms with Crippen LogP contribution in [-0.2, 0) is 16.4 Å². The maximum Gasteiger partial charge on any atom is 0.264 e. The van der Waals surface area contributed by atoms with Gasteiger partial charge in [-0.05, 0) is 47.0 Å². The lowest BCUT2D eigenvalue weighted by Crippen LogP contribution is -2.13. The second-order valence-corrected chi connectivity index (χ2v) is 7.46. The van der Waals surface area contributed by atoms with E-state index in [9.17, 15) is 8.42 Å². The molecule has 0 atom stereocenters. The standard InChI is InChI=1S/C11H12BrN3O2S2/c1-3-10-13-14-11(18-10)15-19(16,17)9-5-4-7(2)6-8(9)12/h4-6H,3H2,1-2H3,(H,14,15). The molecule has 0 saturated heterocycles. The van der Waals surface area contributed by atoms with E-state index >= 15 is 0 Å². The van der Waals surface area contributed by atoms with Gasteiger partial charge in [0, 0.05) is 4.47 Å². The summed E-state index contributed by atoms with van der Waals surface area (Å²) in [7, 11) is -3.64. The Morgan fingerprint density at radius 3 is 2.68 bits per heavy atom. The summed E-state index contributed by atoms with van der Waals surface area (Å²) in [6, 6.07) is 5.06. The third-order valence-electron chi connectivity index (χ3n) is 2.37. The quantitative estimate of drug-likeness (QED) is 0.908. The zero-order chi connectivity index (χ0) is 14.0. The smallest absolute Gasteiger partial charge is 0.253 e. The first-order valence-electron chi connectivity index (χ1n) is 5.53. The summed E-state index contributed by atoms with van der Waals surface area (Å²) in [5.74, 6) is 0. The Hall–Kier alpha value is -0.990. The number of hydrogen-bond donors (Lipinski definition) is 1. The van der Waals surface area contributed by atoms with Crippen LogP contribution in [-0.4, -0.2) is 18.6 Å². The van der Waals surface area contributed by atoms with Crippen LogP contribution in [0.15, 0.2) is 27.6 Å². The van der Waals surface area contributed by atoms with E-state index < -0.39 is 10.0 Å². The number of halogens is 1. The molecule has 0 aliphatic heterocycles. The highest BCUT2D eigenvalue weighted by atomic mass is 79.9. The summed E-state index contributed by atoms with van der Waals surface area (Å²) in [5.41, 5.74) is 0.981. The minimum Gasteiger partial charge on any atom is -0.253 e. The highest BCUT2D eigenvalue weighted by molar-refractivity contribution is 9.10. The Morgan fingerprint density at radius 1 is 1.37 bits per heavy atom. The van der Waals surface area contributed by atoms with Crippen molar-refractivity contribution in [1.29, 1.82) is 0 Å². The average molecular weight is 362 g/mol. The van der Waals surface area contributed by atoms with Crippen molar-refractivity contribution in [3.05, 3.63) is 33.2 Å². The zero-order valence-electron chi connectivity index (χ0n) is 10.3. The molecule has 2 aromatic rings. The third-order valence-corrected chi connectivity index (χ3v) is 5.80. The van der Waals surface area contributed by atoms with Crippen molar-refractivity contribution in [2.45, 2.75) is 25.2 Å². The van der Waals surface area contributed by atoms with Crippen molar-refractivity contribution in [2.75, 3.05) is 4.72 Å². The predicted octanol–water partition coefficient (Wildman–Crippen LogP) is 2.97. The van der Waals surface area contributed by atoms with E-state index in [0.29, 0.717) is 4.47 Å². The molecule has 0 fully saturated rings. The van der Waals surface area contributed by atoms with E-state index in [4.69, 9.17) is 0 Å². The molecule has 0 aliphatic carbocycles. The topological polar surface area (TPSA) is 72.0 Å². The molecule has 8 heteroatoms. The number of sulfonamides is 1. The lowest BCUT2D eigenvalue weighted by molar-refractivity contribution is 0.600. The molecule has 0 spiro atoms. The molecule has 19 heavy (non-hydrogen) atoms. The van der Waals surface area contributed by atoms with Crippen LogP contribution >= 0.6 is 27.3 Å². The van der Waals surface area contributed by atoms with Gasteiger partial charge in [-0.2, -0.15) is 0 Å². The predicted molar refractivity (Wildman–Crippen MR) is 79.0 cm³/mol. The van der Waals surface area contributed by atoms with Gasteiger partial charge >= 0.3 is 0 Å². The van der Waals surface area contributed by atoms with Crippen LogP contribution in [0.5, 0.6) is 0 Å². The number of aryl methyl sites for hydroxylation is 2. The lowest BCUT2D eigenvalue weighted by atomic mass is 10.2. The summed E-state index contributed by atoms with van der Waals surface area (Å²) >= 11 is 4.50. The van der Waals surface area contributed by atoms with E-state index in [1.54, 1.807) is 18.2 Å². The van der Waals surface area contributed by atoms with Gasteiger partial charge in [-0.15, -0.1) is 10.2 Å². The molecule has 102 valence electrons. The molecule has 0 aliphatic rings. The fourth-order valence-corrected chi connectivity index (χ4v) is 4.53. The van der Waals surface area contributed by atoms with E-state index in [2.05, 4.69) is 30.8 Å². The molecule has 5 nitrogen and oxygen atoms in total. The van der Waals surface area contributed by atoms with E-state index in [-0.39, 0.29) is 10.0 Å². The van der Waals surface area contributed by atoms with Crippen LogP contribution in [0.2, 0.25) is 0 Å². The van der Waals surface area contributed by atoms with Gasteiger partial charge in [-0.1, -0.05) is 24.3 Å². The minimum absolute atomic E-state index is 0.186. The van der Waals surface area contributed by atoms with Crippen molar-refractivity contribution in [3.8, 4) is 0 Å². The second kappa shape index (κ2) is 5.56. The van der Waals surface area contributed by atoms with Gasteiger partial charge in [0.15, 0.2) is 0 Å². The Balaban J connectivity index is 2.32. The number of benzene rings is 1. The first-order valence-corrected chi connectivity index (χ1v) is 8.63. The monoisotopic (exact) mass is 361 g/mol. The molecule has 2 rings (SSSR count). The van der Waals surface area contributed by atoms with Crippen molar-refractivity contribution in [3.63, 3.8) is 0 Å². The van der Waals surface area contributed by atoms with Crippen LogP contribution in [0.3, 0.4) is 0 Å². The fourth-order valence-electron chi connectivity index (χ4n) is 1.43. The minimum atomic E-state index is -3.64. The number of nitrogens with zero attached hydrogens (tertiary/aromatic N) is 2. The molecular formula is C11H12BrN3O2S2. The van der Waals surface area contributed by atoms with Crippen LogP contribution < -0.4 is 4.72 Å². The number of aromatic nitrogens is 2. The molecule has 0 radical (unpaired) electrons. The van der Waals surface area contributed by atoms with E-state index in [1.807, 2.05) is 13.8 Å². The van der Waals surface area contributed by atoms with Crippen LogP contribution in [0.1, 0.15) is 17.5 Å². The summed E-state index contributed by atoms with van der Waals surface area (Å²) in [5, 5.41) is 8.76. The number of anilines is 1. The lowest BCUT2D eigenvalue weighted by Gasteiger charge is -2.07. The SMILES string of the molecule is CCc1nnc(NS(=O)(=O)c2ccc(C)cc2Br)s1. The van der Waals surface area contributed by atoms with Crippen molar-refractivity contribution in [2.24, 2.45) is 0 Å². The Bertz CT molecular complexity index is 698.